The molecule has 1 rings (SSSR count). The van der Waals surface area contributed by atoms with Crippen LogP contribution in [0.15, 0.2) is 11.1 Å². The molecule has 20 heavy (non-hydrogen) atoms. The third-order valence-corrected chi connectivity index (χ3v) is 4.66. The zero-order chi connectivity index (χ0) is 15.2. The largest absolute Gasteiger partial charge is 0.480 e. The van der Waals surface area contributed by atoms with Gasteiger partial charge in [0.2, 0.25) is 0 Å². The average molecular weight is 299 g/mol. The van der Waals surface area contributed by atoms with Crippen LogP contribution in [0.5, 0.6) is 0 Å². The summed E-state index contributed by atoms with van der Waals surface area (Å²) >= 11 is 1.73. The number of aliphatic carboxylic acids is 1. The lowest BCUT2D eigenvalue weighted by Gasteiger charge is -2.29. The number of carboxylic acid groups (broad SMARTS) is 1. The Morgan fingerprint density at radius 1 is 1.55 bits per heavy atom. The molecule has 1 aromatic rings. The van der Waals surface area contributed by atoms with E-state index in [4.69, 9.17) is 0 Å². The maximum Gasteiger partial charge on any atom is 0.323 e. The van der Waals surface area contributed by atoms with E-state index in [1.165, 1.54) is 0 Å². The van der Waals surface area contributed by atoms with Gasteiger partial charge in [0.1, 0.15) is 5.54 Å². The SMILES string of the molecule is CCNC(CC)(CCCSc1cc(C)nn1C)C(=O)O. The quantitative estimate of drug-likeness (QED) is 0.541. The maximum atomic E-state index is 11.5. The number of hydrogen-bond donors (Lipinski definition) is 2. The number of thioether (sulfide) groups is 1. The normalized spacial score (nSPS) is 14.2. The Balaban J connectivity index is 2.49. The molecule has 0 radical (unpaired) electrons. The van der Waals surface area contributed by atoms with Gasteiger partial charge in [0.05, 0.1) is 10.7 Å². The zero-order valence-electron chi connectivity index (χ0n) is 12.8. The lowest BCUT2D eigenvalue weighted by Crippen LogP contribution is -2.51. The molecule has 6 heteroatoms. The first kappa shape index (κ1) is 17.0. The summed E-state index contributed by atoms with van der Waals surface area (Å²) in [5, 5.41) is 18.0. The minimum absolute atomic E-state index is 0.603. The summed E-state index contributed by atoms with van der Waals surface area (Å²) < 4.78 is 1.87. The zero-order valence-corrected chi connectivity index (χ0v) is 13.6. The number of aromatic nitrogens is 2. The highest BCUT2D eigenvalue weighted by atomic mass is 32.2. The van der Waals surface area contributed by atoms with Gasteiger partial charge in [-0.3, -0.25) is 9.48 Å². The molecule has 0 saturated heterocycles. The molecule has 1 unspecified atom stereocenters. The molecule has 0 aromatic carbocycles. The first-order valence-corrected chi connectivity index (χ1v) is 8.05. The summed E-state index contributed by atoms with van der Waals surface area (Å²) in [4.78, 5) is 11.5. The lowest BCUT2D eigenvalue weighted by molar-refractivity contribution is -0.145. The summed E-state index contributed by atoms with van der Waals surface area (Å²) in [5.74, 6) is 0.155. The van der Waals surface area contributed by atoms with Gasteiger partial charge in [-0.15, -0.1) is 11.8 Å². The number of carboxylic acids is 1. The molecule has 5 nitrogen and oxygen atoms in total. The van der Waals surface area contributed by atoms with Gasteiger partial charge in [0, 0.05) is 7.05 Å². The number of hydrogen-bond acceptors (Lipinski definition) is 4. The number of nitrogens with zero attached hydrogens (tertiary/aromatic N) is 2. The summed E-state index contributed by atoms with van der Waals surface area (Å²) in [7, 11) is 1.93. The fourth-order valence-electron chi connectivity index (χ4n) is 2.33. The smallest absolute Gasteiger partial charge is 0.323 e. The fourth-order valence-corrected chi connectivity index (χ4v) is 3.31. The van der Waals surface area contributed by atoms with E-state index in [0.29, 0.717) is 19.4 Å². The molecule has 114 valence electrons. The van der Waals surface area contributed by atoms with E-state index in [2.05, 4.69) is 16.5 Å². The van der Waals surface area contributed by atoms with Crippen molar-refractivity contribution in [1.82, 2.24) is 15.1 Å². The molecule has 1 aromatic heterocycles. The molecule has 0 aliphatic heterocycles. The van der Waals surface area contributed by atoms with Crippen LogP contribution in [0.4, 0.5) is 0 Å². The molecule has 0 fully saturated rings. The highest BCUT2D eigenvalue weighted by molar-refractivity contribution is 7.99. The molecule has 0 spiro atoms. The number of likely N-dealkylation sites (N-methyl/N-ethyl adjacent to an activating group) is 1. The number of nitrogens with one attached hydrogen (secondary N) is 1. The van der Waals surface area contributed by atoms with Gasteiger partial charge >= 0.3 is 5.97 Å². The van der Waals surface area contributed by atoms with Crippen molar-refractivity contribution in [3.63, 3.8) is 0 Å². The van der Waals surface area contributed by atoms with Crippen LogP contribution in [0.3, 0.4) is 0 Å². The van der Waals surface area contributed by atoms with Crippen LogP contribution < -0.4 is 5.32 Å². The maximum absolute atomic E-state index is 11.5. The molecule has 0 saturated carbocycles. The molecule has 0 amide bonds. The van der Waals surface area contributed by atoms with Crippen molar-refractivity contribution in [3.05, 3.63) is 11.8 Å². The van der Waals surface area contributed by atoms with Crippen molar-refractivity contribution in [2.24, 2.45) is 7.05 Å². The predicted octanol–water partition coefficient (Wildman–Crippen LogP) is 2.44. The predicted molar refractivity (Wildman–Crippen MR) is 82.2 cm³/mol. The van der Waals surface area contributed by atoms with Crippen molar-refractivity contribution in [2.75, 3.05) is 12.3 Å². The van der Waals surface area contributed by atoms with Crippen LogP contribution in [-0.4, -0.2) is 38.7 Å². The average Bonchev–Trinajstić information content (AvgIpc) is 2.71. The Labute approximate surface area is 125 Å². The number of carbonyl (C=O) groups is 1. The summed E-state index contributed by atoms with van der Waals surface area (Å²) in [5.41, 5.74) is 0.230. The van der Waals surface area contributed by atoms with E-state index in [1.54, 1.807) is 11.8 Å². The van der Waals surface area contributed by atoms with Gasteiger partial charge in [-0.2, -0.15) is 5.10 Å². The van der Waals surface area contributed by atoms with Crippen LogP contribution >= 0.6 is 11.8 Å². The van der Waals surface area contributed by atoms with Gasteiger partial charge in [-0.05, 0) is 44.6 Å². The molecule has 0 aliphatic carbocycles. The molecule has 0 aliphatic rings. The highest BCUT2D eigenvalue weighted by Crippen LogP contribution is 2.23. The van der Waals surface area contributed by atoms with Gasteiger partial charge in [-0.1, -0.05) is 13.8 Å². The van der Waals surface area contributed by atoms with Crippen LogP contribution in [0.2, 0.25) is 0 Å². The van der Waals surface area contributed by atoms with E-state index in [1.807, 2.05) is 32.5 Å². The second kappa shape index (κ2) is 7.69. The number of aryl methyl sites for hydroxylation is 2. The minimum Gasteiger partial charge on any atom is -0.480 e. The monoisotopic (exact) mass is 299 g/mol. The van der Waals surface area contributed by atoms with Crippen molar-refractivity contribution < 1.29 is 9.90 Å². The second-order valence-electron chi connectivity index (χ2n) is 4.97. The lowest BCUT2D eigenvalue weighted by atomic mass is 9.91. The van der Waals surface area contributed by atoms with Gasteiger partial charge in [0.25, 0.3) is 0 Å². The third-order valence-electron chi connectivity index (χ3n) is 3.48. The molecular formula is C14H25N3O2S. The summed E-state index contributed by atoms with van der Waals surface area (Å²) in [6.45, 7) is 6.52. The molecule has 0 bridgehead atoms. The Kier molecular flexibility index (Phi) is 6.55. The minimum atomic E-state index is -0.780. The van der Waals surface area contributed by atoms with Crippen molar-refractivity contribution in [3.8, 4) is 0 Å². The van der Waals surface area contributed by atoms with E-state index < -0.39 is 11.5 Å². The van der Waals surface area contributed by atoms with E-state index in [-0.39, 0.29) is 0 Å². The van der Waals surface area contributed by atoms with Gasteiger partial charge < -0.3 is 10.4 Å². The first-order valence-electron chi connectivity index (χ1n) is 7.07. The van der Waals surface area contributed by atoms with Crippen molar-refractivity contribution >= 4 is 17.7 Å². The molecule has 2 N–H and O–H groups in total. The molecular weight excluding hydrogens is 274 g/mol. The third kappa shape index (κ3) is 4.24. The van der Waals surface area contributed by atoms with E-state index in [9.17, 15) is 9.90 Å². The van der Waals surface area contributed by atoms with Crippen LogP contribution in [0.1, 0.15) is 38.8 Å². The van der Waals surface area contributed by atoms with Gasteiger partial charge in [0.15, 0.2) is 0 Å². The Morgan fingerprint density at radius 2 is 2.25 bits per heavy atom. The van der Waals surface area contributed by atoms with Crippen molar-refractivity contribution in [1.29, 1.82) is 0 Å². The van der Waals surface area contributed by atoms with Crippen molar-refractivity contribution in [2.45, 2.75) is 50.6 Å². The standard InChI is InChI=1S/C14H25N3O2S/c1-5-14(13(18)19,15-6-2)8-7-9-20-12-10-11(3)16-17(12)4/h10,15H,5-9H2,1-4H3,(H,18,19). The topological polar surface area (TPSA) is 67.2 Å². The Bertz CT molecular complexity index is 448. The highest BCUT2D eigenvalue weighted by Gasteiger charge is 2.34. The Hall–Kier alpha value is -1.01. The van der Waals surface area contributed by atoms with Crippen LogP contribution in [-0.2, 0) is 11.8 Å². The number of rotatable bonds is 9. The fraction of sp³-hybridized carbons (Fsp3) is 0.714. The van der Waals surface area contributed by atoms with Crippen LogP contribution in [0, 0.1) is 6.92 Å². The molecule has 1 heterocycles. The van der Waals surface area contributed by atoms with Gasteiger partial charge in [-0.25, -0.2) is 0 Å². The Morgan fingerprint density at radius 3 is 2.70 bits per heavy atom. The molecule has 1 atom stereocenters. The van der Waals surface area contributed by atoms with E-state index in [0.717, 1.165) is 22.9 Å². The second-order valence-corrected chi connectivity index (χ2v) is 6.09. The summed E-state index contributed by atoms with van der Waals surface area (Å²) in [6, 6.07) is 2.05. The van der Waals surface area contributed by atoms with Crippen LogP contribution in [0.25, 0.3) is 0 Å². The first-order chi connectivity index (χ1) is 9.45. The van der Waals surface area contributed by atoms with E-state index >= 15 is 0 Å². The summed E-state index contributed by atoms with van der Waals surface area (Å²) in [6.07, 6.45) is 2.12.